The maximum Gasteiger partial charge on any atom is 0.131 e. The number of hydrogen-bond donors (Lipinski definition) is 1. The molecule has 0 saturated heterocycles. The maximum atomic E-state index is 4.58. The Balaban J connectivity index is 1.71. The van der Waals surface area contributed by atoms with E-state index in [1.807, 2.05) is 12.4 Å². The van der Waals surface area contributed by atoms with Crippen molar-refractivity contribution >= 4 is 0 Å². The van der Waals surface area contributed by atoms with Crippen molar-refractivity contribution < 1.29 is 0 Å². The Morgan fingerprint density at radius 3 is 2.65 bits per heavy atom. The Morgan fingerprint density at radius 1 is 1.15 bits per heavy atom. The van der Waals surface area contributed by atoms with E-state index in [4.69, 9.17) is 0 Å². The lowest BCUT2D eigenvalue weighted by atomic mass is 9.83. The highest BCUT2D eigenvalue weighted by Gasteiger charge is 2.21. The lowest BCUT2D eigenvalue weighted by Crippen LogP contribution is -2.16. The molecule has 0 aliphatic heterocycles. The van der Waals surface area contributed by atoms with Crippen LogP contribution in [0.15, 0.2) is 36.7 Å². The second-order valence-electron chi connectivity index (χ2n) is 5.44. The molecule has 2 aromatic rings. The third-order valence-electron chi connectivity index (χ3n) is 4.02. The molecule has 1 N–H and O–H groups in total. The van der Waals surface area contributed by atoms with Crippen molar-refractivity contribution in [2.45, 2.75) is 38.6 Å². The fourth-order valence-electron chi connectivity index (χ4n) is 2.85. The molecule has 3 heteroatoms. The molecule has 1 heterocycles. The van der Waals surface area contributed by atoms with Crippen LogP contribution >= 0.6 is 0 Å². The van der Waals surface area contributed by atoms with Gasteiger partial charge in [0.2, 0.25) is 0 Å². The number of fused-ring (bicyclic) bond motifs is 1. The van der Waals surface area contributed by atoms with Crippen LogP contribution in [0.1, 0.15) is 41.8 Å². The van der Waals surface area contributed by atoms with E-state index in [0.717, 1.165) is 43.7 Å². The predicted octanol–water partition coefficient (Wildman–Crippen LogP) is 2.86. The molecule has 0 radical (unpaired) electrons. The highest BCUT2D eigenvalue weighted by atomic mass is 14.9. The summed E-state index contributed by atoms with van der Waals surface area (Å²) in [5.41, 5.74) is 4.11. The predicted molar refractivity (Wildman–Crippen MR) is 80.6 cm³/mol. The van der Waals surface area contributed by atoms with Gasteiger partial charge in [0.25, 0.3) is 0 Å². The number of benzene rings is 1. The van der Waals surface area contributed by atoms with E-state index in [-0.39, 0.29) is 0 Å². The number of hydrogen-bond acceptors (Lipinski definition) is 3. The van der Waals surface area contributed by atoms with Gasteiger partial charge in [-0.3, -0.25) is 0 Å². The van der Waals surface area contributed by atoms with E-state index in [9.17, 15) is 0 Å². The van der Waals surface area contributed by atoms with E-state index in [2.05, 4.69) is 46.5 Å². The molecule has 0 fully saturated rings. The van der Waals surface area contributed by atoms with Crippen molar-refractivity contribution in [3.05, 3.63) is 59.2 Å². The topological polar surface area (TPSA) is 37.8 Å². The van der Waals surface area contributed by atoms with Crippen LogP contribution in [-0.4, -0.2) is 16.5 Å². The first kappa shape index (κ1) is 13.3. The minimum atomic E-state index is 0.470. The van der Waals surface area contributed by atoms with Gasteiger partial charge in [0, 0.05) is 30.4 Å². The van der Waals surface area contributed by atoms with Crippen LogP contribution in [0.3, 0.4) is 0 Å². The molecule has 0 bridgehead atoms. The Labute approximate surface area is 120 Å². The third kappa shape index (κ3) is 2.88. The van der Waals surface area contributed by atoms with Crippen LogP contribution in [0.2, 0.25) is 0 Å². The maximum absolute atomic E-state index is 4.58. The van der Waals surface area contributed by atoms with Crippen LogP contribution in [-0.2, 0) is 19.4 Å². The van der Waals surface area contributed by atoms with E-state index < -0.39 is 0 Å². The van der Waals surface area contributed by atoms with Crippen LogP contribution in [0.4, 0.5) is 0 Å². The normalized spacial score (nSPS) is 17.8. The molecule has 0 saturated carbocycles. The van der Waals surface area contributed by atoms with Crippen LogP contribution in [0.5, 0.6) is 0 Å². The van der Waals surface area contributed by atoms with Crippen LogP contribution in [0, 0.1) is 0 Å². The molecule has 1 aliphatic carbocycles. The summed E-state index contributed by atoms with van der Waals surface area (Å²) >= 11 is 0. The second-order valence-corrected chi connectivity index (χ2v) is 5.44. The number of nitrogens with zero attached hydrogens (tertiary/aromatic N) is 2. The molecule has 1 aromatic heterocycles. The van der Waals surface area contributed by atoms with Crippen molar-refractivity contribution in [3.63, 3.8) is 0 Å². The zero-order chi connectivity index (χ0) is 13.8. The van der Waals surface area contributed by atoms with Gasteiger partial charge in [-0.1, -0.05) is 31.2 Å². The first-order chi connectivity index (χ1) is 9.86. The minimum absolute atomic E-state index is 0.470. The fraction of sp³-hybridized carbons (Fsp3) is 0.412. The van der Waals surface area contributed by atoms with Crippen molar-refractivity contribution in [1.82, 2.24) is 15.3 Å². The highest BCUT2D eigenvalue weighted by Crippen LogP contribution is 2.30. The summed E-state index contributed by atoms with van der Waals surface area (Å²) in [7, 11) is 0. The summed E-state index contributed by atoms with van der Waals surface area (Å²) in [5.74, 6) is 1.47. The summed E-state index contributed by atoms with van der Waals surface area (Å²) in [6, 6.07) is 8.74. The van der Waals surface area contributed by atoms with Crippen LogP contribution in [0.25, 0.3) is 0 Å². The average Bonchev–Trinajstić information content (AvgIpc) is 2.53. The Bertz CT molecular complexity index is 563. The van der Waals surface area contributed by atoms with Crippen molar-refractivity contribution in [2.75, 3.05) is 6.54 Å². The Morgan fingerprint density at radius 2 is 1.90 bits per heavy atom. The molecule has 20 heavy (non-hydrogen) atoms. The van der Waals surface area contributed by atoms with Gasteiger partial charge in [-0.2, -0.15) is 0 Å². The molecule has 3 rings (SSSR count). The lowest BCUT2D eigenvalue weighted by molar-refractivity contribution is 0.553. The minimum Gasteiger partial charge on any atom is -0.313 e. The Kier molecular flexibility index (Phi) is 4.07. The van der Waals surface area contributed by atoms with Gasteiger partial charge in [-0.25, -0.2) is 9.97 Å². The molecule has 1 atom stereocenters. The van der Waals surface area contributed by atoms with Gasteiger partial charge in [0.05, 0.1) is 0 Å². The third-order valence-corrected chi connectivity index (χ3v) is 4.02. The van der Waals surface area contributed by atoms with Gasteiger partial charge < -0.3 is 5.32 Å². The largest absolute Gasteiger partial charge is 0.313 e. The molecule has 1 aromatic carbocycles. The van der Waals surface area contributed by atoms with Gasteiger partial charge in [-0.15, -0.1) is 0 Å². The number of aromatic nitrogens is 2. The second kappa shape index (κ2) is 6.14. The van der Waals surface area contributed by atoms with Gasteiger partial charge in [0.1, 0.15) is 5.82 Å². The van der Waals surface area contributed by atoms with Gasteiger partial charge >= 0.3 is 0 Å². The summed E-state index contributed by atoms with van der Waals surface area (Å²) in [4.78, 5) is 9.15. The van der Waals surface area contributed by atoms with Crippen molar-refractivity contribution in [2.24, 2.45) is 0 Å². The van der Waals surface area contributed by atoms with Gasteiger partial charge in [-0.05, 0) is 36.9 Å². The quantitative estimate of drug-likeness (QED) is 0.925. The molecule has 0 amide bonds. The summed E-state index contributed by atoms with van der Waals surface area (Å²) < 4.78 is 0. The van der Waals surface area contributed by atoms with Crippen LogP contribution < -0.4 is 5.32 Å². The lowest BCUT2D eigenvalue weighted by Gasteiger charge is -2.23. The summed E-state index contributed by atoms with van der Waals surface area (Å²) in [5, 5.41) is 3.30. The molecule has 1 unspecified atom stereocenters. The summed E-state index contributed by atoms with van der Waals surface area (Å²) in [6.07, 6.45) is 7.30. The monoisotopic (exact) mass is 267 g/mol. The molecule has 3 nitrogen and oxygen atoms in total. The highest BCUT2D eigenvalue weighted by molar-refractivity contribution is 5.31. The SMILES string of the molecule is CCNCc1cnc(C2CCc3ccccc3C2)nc1. The van der Waals surface area contributed by atoms with E-state index in [1.165, 1.54) is 11.1 Å². The number of aryl methyl sites for hydroxylation is 1. The molecule has 1 aliphatic rings. The van der Waals surface area contributed by atoms with E-state index >= 15 is 0 Å². The summed E-state index contributed by atoms with van der Waals surface area (Å²) in [6.45, 7) is 3.93. The average molecular weight is 267 g/mol. The fourth-order valence-corrected chi connectivity index (χ4v) is 2.85. The van der Waals surface area contributed by atoms with Crippen molar-refractivity contribution in [1.29, 1.82) is 0 Å². The number of rotatable bonds is 4. The van der Waals surface area contributed by atoms with E-state index in [1.54, 1.807) is 0 Å². The first-order valence-corrected chi connectivity index (χ1v) is 7.45. The smallest absolute Gasteiger partial charge is 0.131 e. The van der Waals surface area contributed by atoms with E-state index in [0.29, 0.717) is 5.92 Å². The first-order valence-electron chi connectivity index (χ1n) is 7.45. The molecular formula is C17H21N3. The number of nitrogens with one attached hydrogen (secondary N) is 1. The van der Waals surface area contributed by atoms with Gasteiger partial charge in [0.15, 0.2) is 0 Å². The molecular weight excluding hydrogens is 246 g/mol. The standard InChI is InChI=1S/C17H21N3/c1-2-18-10-13-11-19-17(20-12-13)16-8-7-14-5-3-4-6-15(14)9-16/h3-6,11-12,16,18H,2,7-10H2,1H3. The Hall–Kier alpha value is -1.74. The zero-order valence-corrected chi connectivity index (χ0v) is 12.0. The molecule has 0 spiro atoms. The zero-order valence-electron chi connectivity index (χ0n) is 12.0. The van der Waals surface area contributed by atoms with Crippen molar-refractivity contribution in [3.8, 4) is 0 Å². The molecule has 104 valence electrons.